The SMILES string of the molecule is CNC(Cc1cccc(F)c1Br)c1occc1C. The van der Waals surface area contributed by atoms with Gasteiger partial charge < -0.3 is 9.73 Å². The maximum atomic E-state index is 13.5. The third-order valence-corrected chi connectivity index (χ3v) is 3.91. The van der Waals surface area contributed by atoms with E-state index in [-0.39, 0.29) is 11.9 Å². The molecular weight excluding hydrogens is 297 g/mol. The van der Waals surface area contributed by atoms with E-state index in [1.54, 1.807) is 12.3 Å². The second-order valence-electron chi connectivity index (χ2n) is 4.23. The van der Waals surface area contributed by atoms with Gasteiger partial charge in [0.05, 0.1) is 16.8 Å². The van der Waals surface area contributed by atoms with Crippen molar-refractivity contribution >= 4 is 15.9 Å². The van der Waals surface area contributed by atoms with E-state index in [4.69, 9.17) is 4.42 Å². The summed E-state index contributed by atoms with van der Waals surface area (Å²) in [7, 11) is 1.87. The van der Waals surface area contributed by atoms with Crippen molar-refractivity contribution in [1.82, 2.24) is 5.32 Å². The molecule has 96 valence electrons. The van der Waals surface area contributed by atoms with Crippen LogP contribution in [-0.4, -0.2) is 7.05 Å². The molecule has 1 aromatic heterocycles. The number of likely N-dealkylation sites (N-methyl/N-ethyl adjacent to an activating group) is 1. The molecule has 1 heterocycles. The molecule has 0 radical (unpaired) electrons. The lowest BCUT2D eigenvalue weighted by Gasteiger charge is -2.16. The molecule has 0 saturated carbocycles. The zero-order chi connectivity index (χ0) is 13.1. The Bertz CT molecular complexity index is 538. The molecule has 2 rings (SSSR count). The summed E-state index contributed by atoms with van der Waals surface area (Å²) in [6.07, 6.45) is 2.35. The van der Waals surface area contributed by atoms with Crippen molar-refractivity contribution in [2.45, 2.75) is 19.4 Å². The molecule has 0 saturated heterocycles. The predicted octanol–water partition coefficient (Wildman–Crippen LogP) is 3.99. The standard InChI is InChI=1S/C14H15BrFNO/c1-9-6-7-18-14(9)12(17-2)8-10-4-3-5-11(16)13(10)15/h3-7,12,17H,8H2,1-2H3. The zero-order valence-electron chi connectivity index (χ0n) is 10.3. The Morgan fingerprint density at radius 1 is 1.39 bits per heavy atom. The Morgan fingerprint density at radius 2 is 2.17 bits per heavy atom. The van der Waals surface area contributed by atoms with Crippen LogP contribution in [0.15, 0.2) is 39.4 Å². The highest BCUT2D eigenvalue weighted by Gasteiger charge is 2.17. The number of hydrogen-bond acceptors (Lipinski definition) is 2. The summed E-state index contributed by atoms with van der Waals surface area (Å²) >= 11 is 3.29. The van der Waals surface area contributed by atoms with Crippen molar-refractivity contribution in [3.63, 3.8) is 0 Å². The van der Waals surface area contributed by atoms with Crippen molar-refractivity contribution in [2.75, 3.05) is 7.05 Å². The van der Waals surface area contributed by atoms with Crippen molar-refractivity contribution in [3.8, 4) is 0 Å². The molecule has 18 heavy (non-hydrogen) atoms. The smallest absolute Gasteiger partial charge is 0.137 e. The van der Waals surface area contributed by atoms with Gasteiger partial charge in [0.2, 0.25) is 0 Å². The summed E-state index contributed by atoms with van der Waals surface area (Å²) in [5.74, 6) is 0.659. The van der Waals surface area contributed by atoms with Gasteiger partial charge in [-0.05, 0) is 59.6 Å². The Labute approximate surface area is 114 Å². The lowest BCUT2D eigenvalue weighted by molar-refractivity contribution is 0.425. The molecule has 1 atom stereocenters. The van der Waals surface area contributed by atoms with Crippen LogP contribution < -0.4 is 5.32 Å². The molecule has 0 spiro atoms. The first-order chi connectivity index (χ1) is 8.63. The van der Waals surface area contributed by atoms with Crippen molar-refractivity contribution in [3.05, 3.63) is 57.7 Å². The molecule has 2 nitrogen and oxygen atoms in total. The fourth-order valence-electron chi connectivity index (χ4n) is 1.99. The van der Waals surface area contributed by atoms with Crippen LogP contribution in [0.2, 0.25) is 0 Å². The predicted molar refractivity (Wildman–Crippen MR) is 73.0 cm³/mol. The molecule has 0 aliphatic heterocycles. The molecule has 0 aliphatic carbocycles. The first-order valence-corrected chi connectivity index (χ1v) is 6.57. The van der Waals surface area contributed by atoms with Crippen LogP contribution >= 0.6 is 15.9 Å². The monoisotopic (exact) mass is 311 g/mol. The van der Waals surface area contributed by atoms with Crippen molar-refractivity contribution in [1.29, 1.82) is 0 Å². The molecule has 1 unspecified atom stereocenters. The quantitative estimate of drug-likeness (QED) is 0.923. The van der Waals surface area contributed by atoms with Gasteiger partial charge in [0.25, 0.3) is 0 Å². The topological polar surface area (TPSA) is 25.2 Å². The molecule has 2 aromatic rings. The Hall–Kier alpha value is -1.13. The molecule has 0 fully saturated rings. The fourth-order valence-corrected chi connectivity index (χ4v) is 2.42. The number of rotatable bonds is 4. The highest BCUT2D eigenvalue weighted by atomic mass is 79.9. The van der Waals surface area contributed by atoms with E-state index in [2.05, 4.69) is 21.2 Å². The van der Waals surface area contributed by atoms with E-state index in [1.807, 2.05) is 26.1 Å². The van der Waals surface area contributed by atoms with Gasteiger partial charge in [-0.2, -0.15) is 0 Å². The van der Waals surface area contributed by atoms with Gasteiger partial charge in [0.15, 0.2) is 0 Å². The number of benzene rings is 1. The first kappa shape index (κ1) is 13.3. The Balaban J connectivity index is 2.26. The van der Waals surface area contributed by atoms with Gasteiger partial charge in [-0.25, -0.2) is 4.39 Å². The minimum Gasteiger partial charge on any atom is -0.467 e. The lowest BCUT2D eigenvalue weighted by atomic mass is 10.0. The van der Waals surface area contributed by atoms with E-state index in [0.29, 0.717) is 10.9 Å². The van der Waals surface area contributed by atoms with E-state index < -0.39 is 0 Å². The second-order valence-corrected chi connectivity index (χ2v) is 5.02. The minimum atomic E-state index is -0.237. The Morgan fingerprint density at radius 3 is 2.78 bits per heavy atom. The van der Waals surface area contributed by atoms with Gasteiger partial charge in [-0.15, -0.1) is 0 Å². The zero-order valence-corrected chi connectivity index (χ0v) is 11.9. The summed E-state index contributed by atoms with van der Waals surface area (Å²) in [4.78, 5) is 0. The molecule has 0 bridgehead atoms. The third kappa shape index (κ3) is 2.65. The number of aryl methyl sites for hydroxylation is 1. The second kappa shape index (κ2) is 5.67. The highest BCUT2D eigenvalue weighted by Crippen LogP contribution is 2.27. The van der Waals surface area contributed by atoms with Crippen LogP contribution in [0.1, 0.15) is 22.9 Å². The summed E-state index contributed by atoms with van der Waals surface area (Å²) < 4.78 is 19.5. The van der Waals surface area contributed by atoms with Crippen LogP contribution in [0.5, 0.6) is 0 Å². The average Bonchev–Trinajstić information content (AvgIpc) is 2.77. The summed E-state index contributed by atoms with van der Waals surface area (Å²) in [5.41, 5.74) is 2.02. The number of nitrogens with one attached hydrogen (secondary N) is 1. The number of hydrogen-bond donors (Lipinski definition) is 1. The van der Waals surface area contributed by atoms with Crippen LogP contribution in [0.4, 0.5) is 4.39 Å². The Kier molecular flexibility index (Phi) is 4.19. The van der Waals surface area contributed by atoms with E-state index in [9.17, 15) is 4.39 Å². The maximum absolute atomic E-state index is 13.5. The number of furan rings is 1. The first-order valence-electron chi connectivity index (χ1n) is 5.77. The summed E-state index contributed by atoms with van der Waals surface area (Å²) in [6.45, 7) is 2.00. The molecule has 0 amide bonds. The van der Waals surface area contributed by atoms with Crippen LogP contribution in [0.3, 0.4) is 0 Å². The molecule has 1 N–H and O–H groups in total. The van der Waals surface area contributed by atoms with E-state index in [1.165, 1.54) is 6.07 Å². The lowest BCUT2D eigenvalue weighted by Crippen LogP contribution is -2.19. The van der Waals surface area contributed by atoms with Gasteiger partial charge in [-0.3, -0.25) is 0 Å². The van der Waals surface area contributed by atoms with Crippen molar-refractivity contribution < 1.29 is 8.81 Å². The van der Waals surface area contributed by atoms with Crippen LogP contribution in [-0.2, 0) is 6.42 Å². The van der Waals surface area contributed by atoms with Gasteiger partial charge in [-0.1, -0.05) is 12.1 Å². The highest BCUT2D eigenvalue weighted by molar-refractivity contribution is 9.10. The molecular formula is C14H15BrFNO. The van der Waals surface area contributed by atoms with Gasteiger partial charge >= 0.3 is 0 Å². The van der Waals surface area contributed by atoms with Crippen molar-refractivity contribution in [2.24, 2.45) is 0 Å². The third-order valence-electron chi connectivity index (χ3n) is 3.02. The molecule has 1 aromatic carbocycles. The van der Waals surface area contributed by atoms with Gasteiger partial charge in [0.1, 0.15) is 11.6 Å². The average molecular weight is 312 g/mol. The number of halogens is 2. The summed E-state index contributed by atoms with van der Waals surface area (Å²) in [6, 6.07) is 7.05. The van der Waals surface area contributed by atoms with E-state index >= 15 is 0 Å². The van der Waals surface area contributed by atoms with Gasteiger partial charge in [0, 0.05) is 0 Å². The van der Waals surface area contributed by atoms with E-state index in [0.717, 1.165) is 16.9 Å². The minimum absolute atomic E-state index is 0.0399. The molecule has 4 heteroatoms. The van der Waals surface area contributed by atoms with Crippen LogP contribution in [0.25, 0.3) is 0 Å². The normalized spacial score (nSPS) is 12.7. The van der Waals surface area contributed by atoms with Crippen LogP contribution in [0, 0.1) is 12.7 Å². The largest absolute Gasteiger partial charge is 0.467 e. The molecule has 0 aliphatic rings. The fraction of sp³-hybridized carbons (Fsp3) is 0.286. The summed E-state index contributed by atoms with van der Waals surface area (Å²) in [5, 5.41) is 3.20. The maximum Gasteiger partial charge on any atom is 0.137 e.